The van der Waals surface area contributed by atoms with Gasteiger partial charge in [-0.1, -0.05) is 12.1 Å². The third-order valence-electron chi connectivity index (χ3n) is 4.10. The molecular formula is C21H20N4O4. The summed E-state index contributed by atoms with van der Waals surface area (Å²) < 4.78 is 10.6. The lowest BCUT2D eigenvalue weighted by Crippen LogP contribution is -2.14. The van der Waals surface area contributed by atoms with E-state index < -0.39 is 5.91 Å². The van der Waals surface area contributed by atoms with Crippen LogP contribution in [0.25, 0.3) is 0 Å². The van der Waals surface area contributed by atoms with Crippen LogP contribution in [0, 0.1) is 0 Å². The zero-order valence-electron chi connectivity index (χ0n) is 16.2. The Morgan fingerprint density at radius 2 is 1.79 bits per heavy atom. The van der Waals surface area contributed by atoms with Crippen molar-refractivity contribution in [3.63, 3.8) is 0 Å². The molecule has 0 aliphatic rings. The van der Waals surface area contributed by atoms with Crippen LogP contribution in [0.5, 0.6) is 11.5 Å². The van der Waals surface area contributed by atoms with Gasteiger partial charge in [0.1, 0.15) is 29.3 Å². The van der Waals surface area contributed by atoms with Gasteiger partial charge in [-0.2, -0.15) is 0 Å². The van der Waals surface area contributed by atoms with E-state index in [1.54, 1.807) is 56.7 Å². The maximum absolute atomic E-state index is 12.6. The van der Waals surface area contributed by atoms with Gasteiger partial charge in [0.25, 0.3) is 5.91 Å². The number of anilines is 3. The lowest BCUT2D eigenvalue weighted by atomic mass is 10.1. The monoisotopic (exact) mass is 392 g/mol. The number of carbonyl (C=O) groups excluding carboxylic acids is 2. The quantitative estimate of drug-likeness (QED) is 0.591. The predicted octanol–water partition coefficient (Wildman–Crippen LogP) is 3.69. The Hall–Kier alpha value is -3.94. The lowest BCUT2D eigenvalue weighted by Gasteiger charge is -2.12. The summed E-state index contributed by atoms with van der Waals surface area (Å²) in [6, 6.07) is 13.5. The van der Waals surface area contributed by atoms with Crippen molar-refractivity contribution in [2.45, 2.75) is 6.92 Å². The van der Waals surface area contributed by atoms with E-state index >= 15 is 0 Å². The minimum atomic E-state index is -0.422. The molecule has 0 radical (unpaired) electrons. The highest BCUT2D eigenvalue weighted by Gasteiger charge is 2.12. The number of hydrogen-bond donors (Lipinski definition) is 2. The van der Waals surface area contributed by atoms with Crippen molar-refractivity contribution >= 4 is 28.9 Å². The third-order valence-corrected chi connectivity index (χ3v) is 4.10. The number of nitrogens with one attached hydrogen (secondary N) is 2. The molecule has 0 fully saturated rings. The zero-order chi connectivity index (χ0) is 20.8. The number of methoxy groups -OCH3 is 2. The molecule has 3 rings (SSSR count). The average Bonchev–Trinajstić information content (AvgIpc) is 2.74. The molecule has 0 atom stereocenters. The van der Waals surface area contributed by atoms with Crippen LogP contribution >= 0.6 is 0 Å². The van der Waals surface area contributed by atoms with Crippen molar-refractivity contribution in [3.05, 3.63) is 66.1 Å². The van der Waals surface area contributed by atoms with Gasteiger partial charge in [-0.25, -0.2) is 9.97 Å². The Labute approximate surface area is 167 Å². The first-order valence-electron chi connectivity index (χ1n) is 8.73. The van der Waals surface area contributed by atoms with Gasteiger partial charge in [0.05, 0.1) is 19.9 Å². The molecule has 3 aromatic rings. The van der Waals surface area contributed by atoms with E-state index in [-0.39, 0.29) is 11.5 Å². The number of carbonyl (C=O) groups is 2. The van der Waals surface area contributed by atoms with E-state index in [0.717, 1.165) is 0 Å². The van der Waals surface area contributed by atoms with Crippen LogP contribution in [0.3, 0.4) is 0 Å². The molecule has 0 saturated carbocycles. The molecule has 2 aromatic carbocycles. The molecule has 0 saturated heterocycles. The number of Topliss-reactive ketones (excluding diaryl/α,β-unsaturated/α-hetero) is 1. The van der Waals surface area contributed by atoms with Gasteiger partial charge >= 0.3 is 0 Å². The van der Waals surface area contributed by atoms with Gasteiger partial charge < -0.3 is 20.1 Å². The SMILES string of the molecule is COc1ccc(OC)c(Nc2cc(C(=O)Nc3cccc(C(C)=O)c3)ncn2)c1. The number of amides is 1. The molecule has 1 heterocycles. The zero-order valence-corrected chi connectivity index (χ0v) is 16.2. The Kier molecular flexibility index (Phi) is 6.03. The minimum Gasteiger partial charge on any atom is -0.497 e. The molecule has 0 bridgehead atoms. The predicted molar refractivity (Wildman–Crippen MR) is 109 cm³/mol. The summed E-state index contributed by atoms with van der Waals surface area (Å²) >= 11 is 0. The van der Waals surface area contributed by atoms with E-state index in [4.69, 9.17) is 9.47 Å². The summed E-state index contributed by atoms with van der Waals surface area (Å²) in [5.41, 5.74) is 1.81. The summed E-state index contributed by atoms with van der Waals surface area (Å²) in [6.45, 7) is 1.47. The largest absolute Gasteiger partial charge is 0.497 e. The van der Waals surface area contributed by atoms with Crippen molar-refractivity contribution < 1.29 is 19.1 Å². The highest BCUT2D eigenvalue weighted by Crippen LogP contribution is 2.31. The van der Waals surface area contributed by atoms with Crippen LogP contribution < -0.4 is 20.1 Å². The smallest absolute Gasteiger partial charge is 0.274 e. The second-order valence-electron chi connectivity index (χ2n) is 6.07. The standard InChI is InChI=1S/C21H20N4O4/c1-13(26)14-5-4-6-15(9-14)24-21(27)18-11-20(23-12-22-18)25-17-10-16(28-2)7-8-19(17)29-3/h4-12H,1-3H3,(H,24,27)(H,22,23,25). The van der Waals surface area contributed by atoms with E-state index in [2.05, 4.69) is 20.6 Å². The van der Waals surface area contributed by atoms with Crippen molar-refractivity contribution in [2.24, 2.45) is 0 Å². The number of ether oxygens (including phenoxy) is 2. The van der Waals surface area contributed by atoms with Gasteiger partial charge in [-0.15, -0.1) is 0 Å². The Balaban J connectivity index is 1.80. The van der Waals surface area contributed by atoms with Crippen LogP contribution in [0.15, 0.2) is 54.9 Å². The maximum Gasteiger partial charge on any atom is 0.274 e. The number of hydrogen-bond acceptors (Lipinski definition) is 7. The van der Waals surface area contributed by atoms with Gasteiger partial charge in [-0.05, 0) is 31.2 Å². The number of rotatable bonds is 7. The second kappa shape index (κ2) is 8.83. The third kappa shape index (κ3) is 4.86. The molecule has 8 heteroatoms. The normalized spacial score (nSPS) is 10.2. The first-order valence-corrected chi connectivity index (χ1v) is 8.73. The van der Waals surface area contributed by atoms with Crippen LogP contribution in [0.1, 0.15) is 27.8 Å². The molecule has 1 amide bonds. The molecule has 0 spiro atoms. The lowest BCUT2D eigenvalue weighted by molar-refractivity contribution is 0.100. The van der Waals surface area contributed by atoms with Crippen molar-refractivity contribution in [2.75, 3.05) is 24.9 Å². The molecule has 0 aliphatic carbocycles. The van der Waals surface area contributed by atoms with Crippen LogP contribution in [0.4, 0.5) is 17.2 Å². The molecule has 29 heavy (non-hydrogen) atoms. The maximum atomic E-state index is 12.6. The first-order chi connectivity index (χ1) is 14.0. The fourth-order valence-electron chi connectivity index (χ4n) is 2.61. The molecule has 0 aliphatic heterocycles. The topological polar surface area (TPSA) is 102 Å². The van der Waals surface area contributed by atoms with Crippen LogP contribution in [-0.4, -0.2) is 35.9 Å². The van der Waals surface area contributed by atoms with Gasteiger partial charge in [0.15, 0.2) is 5.78 Å². The number of nitrogens with zero attached hydrogens (tertiary/aromatic N) is 2. The number of ketones is 1. The molecule has 148 valence electrons. The van der Waals surface area contributed by atoms with E-state index in [1.165, 1.54) is 19.3 Å². The average molecular weight is 392 g/mol. The Morgan fingerprint density at radius 3 is 2.52 bits per heavy atom. The summed E-state index contributed by atoms with van der Waals surface area (Å²) in [5.74, 6) is 1.15. The van der Waals surface area contributed by atoms with E-state index in [0.29, 0.717) is 34.3 Å². The molecule has 0 unspecified atom stereocenters. The number of aromatic nitrogens is 2. The fourth-order valence-corrected chi connectivity index (χ4v) is 2.61. The first kappa shape index (κ1) is 19.8. The van der Waals surface area contributed by atoms with Crippen LogP contribution in [0.2, 0.25) is 0 Å². The Morgan fingerprint density at radius 1 is 0.966 bits per heavy atom. The highest BCUT2D eigenvalue weighted by atomic mass is 16.5. The summed E-state index contributed by atoms with van der Waals surface area (Å²) in [4.78, 5) is 32.2. The van der Waals surface area contributed by atoms with Crippen molar-refractivity contribution in [1.29, 1.82) is 0 Å². The fraction of sp³-hybridized carbons (Fsp3) is 0.143. The molecular weight excluding hydrogens is 372 g/mol. The summed E-state index contributed by atoms with van der Waals surface area (Å²) in [6.07, 6.45) is 1.29. The van der Waals surface area contributed by atoms with Gasteiger partial charge in [0, 0.05) is 23.4 Å². The van der Waals surface area contributed by atoms with E-state index in [1.807, 2.05) is 0 Å². The number of benzene rings is 2. The second-order valence-corrected chi connectivity index (χ2v) is 6.07. The summed E-state index contributed by atoms with van der Waals surface area (Å²) in [7, 11) is 3.13. The van der Waals surface area contributed by atoms with Crippen molar-refractivity contribution in [3.8, 4) is 11.5 Å². The Bertz CT molecular complexity index is 1050. The van der Waals surface area contributed by atoms with Gasteiger partial charge in [-0.3, -0.25) is 9.59 Å². The molecule has 2 N–H and O–H groups in total. The van der Waals surface area contributed by atoms with Crippen LogP contribution in [-0.2, 0) is 0 Å². The summed E-state index contributed by atoms with van der Waals surface area (Å²) in [5, 5.41) is 5.83. The van der Waals surface area contributed by atoms with E-state index in [9.17, 15) is 9.59 Å². The minimum absolute atomic E-state index is 0.0816. The molecule has 8 nitrogen and oxygen atoms in total. The van der Waals surface area contributed by atoms with Gasteiger partial charge in [0.2, 0.25) is 0 Å². The highest BCUT2D eigenvalue weighted by molar-refractivity contribution is 6.04. The molecule has 1 aromatic heterocycles. The van der Waals surface area contributed by atoms with Crippen molar-refractivity contribution in [1.82, 2.24) is 9.97 Å².